The Morgan fingerprint density at radius 2 is 2.05 bits per heavy atom. The molecule has 5 heteroatoms. The monoisotopic (exact) mass is 275 g/mol. The van der Waals surface area contributed by atoms with Gasteiger partial charge < -0.3 is 9.47 Å². The minimum Gasteiger partial charge on any atom is -0.465 e. The smallest absolute Gasteiger partial charge is 0.338 e. The van der Waals surface area contributed by atoms with Crippen molar-refractivity contribution in [1.29, 1.82) is 0 Å². The van der Waals surface area contributed by atoms with E-state index in [4.69, 9.17) is 4.74 Å². The minimum absolute atomic E-state index is 0.365. The molecule has 0 radical (unpaired) electrons. The zero-order valence-electron chi connectivity index (χ0n) is 10.6. The highest BCUT2D eigenvalue weighted by Gasteiger charge is 2.09. The lowest BCUT2D eigenvalue weighted by Crippen LogP contribution is -2.01. The number of para-hydroxylation sites is 1. The molecule has 0 aliphatic heterocycles. The summed E-state index contributed by atoms with van der Waals surface area (Å²) in [6.45, 7) is 0. The van der Waals surface area contributed by atoms with Gasteiger partial charge in [-0.1, -0.05) is 12.1 Å². The average molecular weight is 275 g/mol. The summed E-state index contributed by atoms with van der Waals surface area (Å²) in [5, 5.41) is 0. The van der Waals surface area contributed by atoms with Gasteiger partial charge in [-0.3, -0.25) is 0 Å². The number of rotatable bonds is 4. The maximum absolute atomic E-state index is 11.4. The summed E-state index contributed by atoms with van der Waals surface area (Å²) in [7, 11) is 1.34. The van der Waals surface area contributed by atoms with Crippen LogP contribution < -0.4 is 4.74 Å². The first-order chi connectivity index (χ1) is 9.24. The lowest BCUT2D eigenvalue weighted by molar-refractivity contribution is 0.0600. The summed E-state index contributed by atoms with van der Waals surface area (Å²) in [6.07, 6.45) is 3.49. The maximum Gasteiger partial charge on any atom is 0.338 e. The van der Waals surface area contributed by atoms with Crippen molar-refractivity contribution >= 4 is 17.7 Å². The molecule has 0 aliphatic carbocycles. The molecule has 0 N–H and O–H groups in total. The molecule has 2 aromatic rings. The van der Waals surface area contributed by atoms with Gasteiger partial charge in [0.15, 0.2) is 0 Å². The first-order valence-electron chi connectivity index (χ1n) is 5.60. The highest BCUT2D eigenvalue weighted by Crippen LogP contribution is 2.30. The van der Waals surface area contributed by atoms with Gasteiger partial charge in [-0.15, -0.1) is 11.8 Å². The summed E-state index contributed by atoms with van der Waals surface area (Å²) in [4.78, 5) is 16.5. The van der Waals surface area contributed by atoms with Crippen LogP contribution in [0.25, 0.3) is 0 Å². The second kappa shape index (κ2) is 6.24. The van der Waals surface area contributed by atoms with E-state index in [0.29, 0.717) is 17.2 Å². The van der Waals surface area contributed by atoms with E-state index in [1.54, 1.807) is 23.9 Å². The summed E-state index contributed by atoms with van der Waals surface area (Å²) in [6, 6.07) is 10.8. The SMILES string of the molecule is COC(=O)c1ccnc(Oc2ccccc2SC)c1. The number of methoxy groups -OCH3 is 1. The Morgan fingerprint density at radius 3 is 2.79 bits per heavy atom. The number of aromatic nitrogens is 1. The van der Waals surface area contributed by atoms with Crippen LogP contribution in [0.15, 0.2) is 47.5 Å². The predicted molar refractivity (Wildman–Crippen MR) is 73.9 cm³/mol. The van der Waals surface area contributed by atoms with E-state index in [0.717, 1.165) is 4.90 Å². The van der Waals surface area contributed by atoms with Gasteiger partial charge in [0.05, 0.1) is 12.7 Å². The number of thioether (sulfide) groups is 1. The van der Waals surface area contributed by atoms with Gasteiger partial charge in [0.2, 0.25) is 5.88 Å². The predicted octanol–water partition coefficient (Wildman–Crippen LogP) is 3.38. The third-order valence-electron chi connectivity index (χ3n) is 2.44. The lowest BCUT2D eigenvalue weighted by Gasteiger charge is -2.09. The molecule has 0 atom stereocenters. The lowest BCUT2D eigenvalue weighted by atomic mass is 10.3. The molecule has 0 aliphatic rings. The zero-order chi connectivity index (χ0) is 13.7. The van der Waals surface area contributed by atoms with Crippen molar-refractivity contribution in [2.45, 2.75) is 4.90 Å². The normalized spacial score (nSPS) is 10.0. The number of carbonyl (C=O) groups excluding carboxylic acids is 1. The van der Waals surface area contributed by atoms with Gasteiger partial charge in [-0.05, 0) is 24.5 Å². The van der Waals surface area contributed by atoms with Crippen molar-refractivity contribution < 1.29 is 14.3 Å². The molecule has 0 fully saturated rings. The standard InChI is InChI=1S/C14H13NO3S/c1-17-14(16)10-7-8-15-13(9-10)18-11-5-3-4-6-12(11)19-2/h3-9H,1-2H3. The quantitative estimate of drug-likeness (QED) is 0.632. The average Bonchev–Trinajstić information content (AvgIpc) is 2.47. The van der Waals surface area contributed by atoms with Gasteiger partial charge in [0.1, 0.15) is 5.75 Å². The van der Waals surface area contributed by atoms with Crippen molar-refractivity contribution in [2.24, 2.45) is 0 Å². The van der Waals surface area contributed by atoms with Crippen LogP contribution in [0.4, 0.5) is 0 Å². The Kier molecular flexibility index (Phi) is 4.41. The molecule has 1 aromatic carbocycles. The molecule has 0 saturated heterocycles. The van der Waals surface area contributed by atoms with E-state index in [1.807, 2.05) is 30.5 Å². The van der Waals surface area contributed by atoms with Crippen LogP contribution in [0.3, 0.4) is 0 Å². The molecule has 1 aromatic heterocycles. The Balaban J connectivity index is 2.26. The highest BCUT2D eigenvalue weighted by atomic mass is 32.2. The number of carbonyl (C=O) groups is 1. The molecule has 0 saturated carbocycles. The Labute approximate surface area is 115 Å². The Hall–Kier alpha value is -2.01. The number of hydrogen-bond donors (Lipinski definition) is 0. The molecular weight excluding hydrogens is 262 g/mol. The van der Waals surface area contributed by atoms with Gasteiger partial charge >= 0.3 is 5.97 Å². The molecule has 0 spiro atoms. The largest absolute Gasteiger partial charge is 0.465 e. The zero-order valence-corrected chi connectivity index (χ0v) is 11.4. The fourth-order valence-electron chi connectivity index (χ4n) is 1.53. The van der Waals surface area contributed by atoms with E-state index < -0.39 is 5.97 Å². The number of ether oxygens (including phenoxy) is 2. The molecule has 98 valence electrons. The molecule has 0 bridgehead atoms. The summed E-state index contributed by atoms with van der Waals surface area (Å²) in [5.74, 6) is 0.666. The van der Waals surface area contributed by atoms with Crippen LogP contribution in [0, 0.1) is 0 Å². The van der Waals surface area contributed by atoms with Crippen LogP contribution in [0.1, 0.15) is 10.4 Å². The van der Waals surface area contributed by atoms with E-state index in [-0.39, 0.29) is 0 Å². The fraction of sp³-hybridized carbons (Fsp3) is 0.143. The molecule has 4 nitrogen and oxygen atoms in total. The number of hydrogen-bond acceptors (Lipinski definition) is 5. The first kappa shape index (κ1) is 13.4. The van der Waals surface area contributed by atoms with E-state index in [9.17, 15) is 4.79 Å². The van der Waals surface area contributed by atoms with Crippen LogP contribution in [-0.2, 0) is 4.74 Å². The number of benzene rings is 1. The van der Waals surface area contributed by atoms with Crippen LogP contribution >= 0.6 is 11.8 Å². The van der Waals surface area contributed by atoms with E-state index in [1.165, 1.54) is 13.3 Å². The van der Waals surface area contributed by atoms with Crippen LogP contribution in [-0.4, -0.2) is 24.3 Å². The number of nitrogens with zero attached hydrogens (tertiary/aromatic N) is 1. The minimum atomic E-state index is -0.412. The number of pyridine rings is 1. The topological polar surface area (TPSA) is 48.4 Å². The van der Waals surface area contributed by atoms with Gasteiger partial charge in [-0.2, -0.15) is 0 Å². The Morgan fingerprint density at radius 1 is 1.26 bits per heavy atom. The van der Waals surface area contributed by atoms with E-state index in [2.05, 4.69) is 9.72 Å². The highest BCUT2D eigenvalue weighted by molar-refractivity contribution is 7.98. The van der Waals surface area contributed by atoms with Crippen molar-refractivity contribution in [1.82, 2.24) is 4.98 Å². The third kappa shape index (κ3) is 3.26. The molecule has 19 heavy (non-hydrogen) atoms. The molecule has 1 heterocycles. The molecule has 0 amide bonds. The summed E-state index contributed by atoms with van der Waals surface area (Å²) in [5.41, 5.74) is 0.411. The van der Waals surface area contributed by atoms with Gasteiger partial charge in [0, 0.05) is 17.2 Å². The van der Waals surface area contributed by atoms with Gasteiger partial charge in [0.25, 0.3) is 0 Å². The van der Waals surface area contributed by atoms with Crippen molar-refractivity contribution in [3.05, 3.63) is 48.2 Å². The van der Waals surface area contributed by atoms with Crippen molar-refractivity contribution in [3.63, 3.8) is 0 Å². The molecule has 2 rings (SSSR count). The maximum atomic E-state index is 11.4. The van der Waals surface area contributed by atoms with Crippen molar-refractivity contribution in [3.8, 4) is 11.6 Å². The van der Waals surface area contributed by atoms with E-state index >= 15 is 0 Å². The van der Waals surface area contributed by atoms with Crippen molar-refractivity contribution in [2.75, 3.05) is 13.4 Å². The number of esters is 1. The second-order valence-corrected chi connectivity index (χ2v) is 4.48. The summed E-state index contributed by atoms with van der Waals surface area (Å²) >= 11 is 1.59. The third-order valence-corrected chi connectivity index (χ3v) is 3.22. The first-order valence-corrected chi connectivity index (χ1v) is 6.82. The van der Waals surface area contributed by atoms with Gasteiger partial charge in [-0.25, -0.2) is 9.78 Å². The van der Waals surface area contributed by atoms with Crippen LogP contribution in [0.5, 0.6) is 11.6 Å². The van der Waals surface area contributed by atoms with Crippen LogP contribution in [0.2, 0.25) is 0 Å². The summed E-state index contributed by atoms with van der Waals surface area (Å²) < 4.78 is 10.4. The second-order valence-electron chi connectivity index (χ2n) is 3.63. The molecule has 0 unspecified atom stereocenters. The fourth-order valence-corrected chi connectivity index (χ4v) is 2.05. The Bertz CT molecular complexity index is 586. The molecular formula is C14H13NO3S.